The highest BCUT2D eigenvalue weighted by Gasteiger charge is 2.39. The van der Waals surface area contributed by atoms with E-state index in [4.69, 9.17) is 63.1 Å². The Morgan fingerprint density at radius 3 is 1.15 bits per heavy atom. The Labute approximate surface area is 649 Å². The Bertz CT molecular complexity index is 3260. The predicted octanol–water partition coefficient (Wildman–Crippen LogP) is -5.67. The second kappa shape index (κ2) is 53.4. The van der Waals surface area contributed by atoms with E-state index in [0.29, 0.717) is 37.8 Å². The van der Waals surface area contributed by atoms with Gasteiger partial charge in [0.05, 0.1) is 12.5 Å². The molecule has 0 fully saturated rings. The van der Waals surface area contributed by atoms with E-state index in [1.165, 1.54) is 0 Å². The number of amides is 13. The number of carboxylic acids is 1. The molecule has 626 valence electrons. The Hall–Kier alpha value is -10.5. The van der Waals surface area contributed by atoms with Crippen LogP contribution in [0.25, 0.3) is 0 Å². The number of carbonyl (C=O) groups excluding carboxylic acids is 13. The molecule has 40 heteroatoms. The van der Waals surface area contributed by atoms with Crippen molar-refractivity contribution in [3.8, 4) is 0 Å². The fraction of sp³-hybridized carbons (Fsp3) is 0.676. The number of guanidine groups is 3. The molecular formula is C71H127N25O15. The van der Waals surface area contributed by atoms with Crippen LogP contribution in [-0.4, -0.2) is 211 Å². The summed E-state index contributed by atoms with van der Waals surface area (Å²) in [6, 6.07) is -8.88. The lowest BCUT2D eigenvalue weighted by Gasteiger charge is -2.31. The number of aliphatic imine (C=N–C) groups is 3. The average molecular weight is 1570 g/mol. The lowest BCUT2D eigenvalue weighted by Crippen LogP contribution is -2.62. The van der Waals surface area contributed by atoms with E-state index in [0.717, 1.165) is 0 Å². The van der Waals surface area contributed by atoms with E-state index < -0.39 is 192 Å². The molecule has 0 aliphatic heterocycles. The number of nitrogens with zero attached hydrogens (tertiary/aromatic N) is 3. The molecule has 13 amide bonds. The molecule has 34 N–H and O–H groups in total. The number of aliphatic carboxylic acids is 1. The highest BCUT2D eigenvalue weighted by atomic mass is 16.4. The first-order chi connectivity index (χ1) is 52.3. The molecule has 0 aromatic heterocycles. The van der Waals surface area contributed by atoms with Gasteiger partial charge in [-0.3, -0.25) is 82.1 Å². The number of unbranched alkanes of at least 4 members (excludes halogenated alkanes) is 2. The molecule has 0 saturated heterocycles. The molecule has 1 rings (SSSR count). The van der Waals surface area contributed by atoms with E-state index in [9.17, 15) is 72.2 Å². The Morgan fingerprint density at radius 1 is 0.387 bits per heavy atom. The van der Waals surface area contributed by atoms with E-state index in [-0.39, 0.29) is 127 Å². The summed E-state index contributed by atoms with van der Waals surface area (Å²) in [4.78, 5) is 207. The molecule has 0 bridgehead atoms. The summed E-state index contributed by atoms with van der Waals surface area (Å²) in [5.41, 5.74) is 62.4. The Kier molecular flexibility index (Phi) is 47.3. The van der Waals surface area contributed by atoms with Crippen molar-refractivity contribution in [3.05, 3.63) is 35.9 Å². The highest BCUT2D eigenvalue weighted by molar-refractivity contribution is 6.00. The van der Waals surface area contributed by atoms with Crippen molar-refractivity contribution < 1.29 is 72.2 Å². The van der Waals surface area contributed by atoms with E-state index >= 15 is 0 Å². The van der Waals surface area contributed by atoms with Crippen LogP contribution in [0, 0.1) is 23.7 Å². The summed E-state index contributed by atoms with van der Waals surface area (Å²) in [5.74, 6) is -16.3. The minimum atomic E-state index is -1.93. The fourth-order valence-corrected chi connectivity index (χ4v) is 11.3. The zero-order valence-corrected chi connectivity index (χ0v) is 65.5. The van der Waals surface area contributed by atoms with Gasteiger partial charge in [-0.05, 0) is 126 Å². The second-order valence-corrected chi connectivity index (χ2v) is 28.3. The number of hydrogen-bond acceptors (Lipinski definition) is 20. The first kappa shape index (κ1) is 98.5. The highest BCUT2D eigenvalue weighted by Crippen LogP contribution is 2.17. The molecule has 0 aliphatic rings. The third kappa shape index (κ3) is 40.1. The van der Waals surface area contributed by atoms with Gasteiger partial charge in [0.2, 0.25) is 76.8 Å². The maximum atomic E-state index is 14.8. The molecule has 0 spiro atoms. The van der Waals surface area contributed by atoms with Crippen LogP contribution in [0.5, 0.6) is 0 Å². The lowest BCUT2D eigenvalue weighted by atomic mass is 9.95. The van der Waals surface area contributed by atoms with Crippen molar-refractivity contribution in [2.45, 2.75) is 250 Å². The SMILES string of the molecule is CCC(C)C(NC(=O)C(CCCN=C(N)N)NC(=O)C(CCC(N)=O)NC(=O)C(NC(=O)C(NC(=O)C(CCCN=C(N)N)NC(=O)C(N)CCCCN)C(C)CC)C(C)C)C(=O)NC(CCCCN)C(=O)NC(CC(=O)O)C(=O)NC(Cc1ccccc1)C(=O)NC(CC(C)C)C(=O)NC(CCCN=C(N)N)C(N)=O. The number of nitrogens with two attached hydrogens (primary N) is 11. The summed E-state index contributed by atoms with van der Waals surface area (Å²) in [7, 11) is 0. The van der Waals surface area contributed by atoms with Gasteiger partial charge in [-0.2, -0.15) is 0 Å². The zero-order valence-electron chi connectivity index (χ0n) is 65.5. The first-order valence-electron chi connectivity index (χ1n) is 37.8. The van der Waals surface area contributed by atoms with Crippen LogP contribution in [0.3, 0.4) is 0 Å². The van der Waals surface area contributed by atoms with Crippen LogP contribution in [-0.2, 0) is 73.5 Å². The maximum Gasteiger partial charge on any atom is 0.305 e. The standard InChI is InChI=1S/C71H127N25O15/c1-9-40(7)55(67(110)89-45(24-15-17-31-73)59(102)93-51(37-53(98)99)65(108)92-50(36-42-21-12-11-13-22-42)64(107)91-49(35-38(3)4)63(106)86-44(57(76)100)25-18-32-83-69(77)78)95-62(105)47(27-20-34-85-71(81)82)88-60(103)48(28-29-52(75)97)90-66(109)54(39(5)6)94-68(111)56(41(8)10-2)96-61(104)46(26-19-33-84-70(79)80)87-58(101)43(74)23-14-16-30-72/h11-13,21-22,38-41,43-51,54-56H,9-10,14-20,23-37,72-74H2,1-8H3,(H2,75,97)(H2,76,100)(H,86,106)(H,87,101)(H,88,103)(H,89,110)(H,90,109)(H,91,107)(H,92,108)(H,93,102)(H,94,111)(H,95,105)(H,96,104)(H,98,99)(H4,77,78,83)(H4,79,80,84)(H4,81,82,85). The molecular weight excluding hydrogens is 1440 g/mol. The summed E-state index contributed by atoms with van der Waals surface area (Å²) in [6.07, 6.45) is 0.466. The van der Waals surface area contributed by atoms with E-state index in [1.54, 1.807) is 85.7 Å². The largest absolute Gasteiger partial charge is 0.481 e. The molecule has 111 heavy (non-hydrogen) atoms. The summed E-state index contributed by atoms with van der Waals surface area (Å²) < 4.78 is 0. The van der Waals surface area contributed by atoms with Crippen molar-refractivity contribution in [1.29, 1.82) is 0 Å². The van der Waals surface area contributed by atoms with Crippen molar-refractivity contribution in [2.24, 2.45) is 102 Å². The number of rotatable bonds is 57. The summed E-state index contributed by atoms with van der Waals surface area (Å²) in [5, 5.41) is 38.9. The molecule has 14 atom stereocenters. The number of carbonyl (C=O) groups is 14. The molecule has 40 nitrogen and oxygen atoms in total. The van der Waals surface area contributed by atoms with Crippen LogP contribution in [0.1, 0.15) is 177 Å². The van der Waals surface area contributed by atoms with Gasteiger partial charge in [0, 0.05) is 32.5 Å². The van der Waals surface area contributed by atoms with E-state index in [1.807, 2.05) is 0 Å². The Balaban J connectivity index is 3.81. The van der Waals surface area contributed by atoms with Gasteiger partial charge < -0.3 is 127 Å². The van der Waals surface area contributed by atoms with Crippen LogP contribution >= 0.6 is 0 Å². The van der Waals surface area contributed by atoms with Gasteiger partial charge in [-0.1, -0.05) is 105 Å². The second-order valence-electron chi connectivity index (χ2n) is 28.3. The van der Waals surface area contributed by atoms with Crippen molar-refractivity contribution in [1.82, 2.24) is 58.5 Å². The van der Waals surface area contributed by atoms with Crippen molar-refractivity contribution >= 4 is 101 Å². The third-order valence-electron chi connectivity index (χ3n) is 18.1. The van der Waals surface area contributed by atoms with Gasteiger partial charge in [0.15, 0.2) is 17.9 Å². The molecule has 14 unspecified atom stereocenters. The van der Waals surface area contributed by atoms with Gasteiger partial charge in [-0.15, -0.1) is 0 Å². The number of nitrogens with one attached hydrogen (secondary N) is 11. The Morgan fingerprint density at radius 2 is 0.730 bits per heavy atom. The van der Waals surface area contributed by atoms with Gasteiger partial charge in [0.1, 0.15) is 66.5 Å². The predicted molar refractivity (Wildman–Crippen MR) is 418 cm³/mol. The number of carboxylic acid groups (broad SMARTS) is 1. The molecule has 0 saturated carbocycles. The molecule has 0 radical (unpaired) electrons. The quantitative estimate of drug-likeness (QED) is 0.0164. The molecule has 0 heterocycles. The zero-order chi connectivity index (χ0) is 84.0. The number of primary amides is 2. The van der Waals surface area contributed by atoms with Crippen LogP contribution in [0.4, 0.5) is 0 Å². The maximum absolute atomic E-state index is 14.8. The summed E-state index contributed by atoms with van der Waals surface area (Å²) >= 11 is 0. The molecule has 1 aromatic carbocycles. The minimum absolute atomic E-state index is 0.0170. The van der Waals surface area contributed by atoms with Crippen LogP contribution in [0.15, 0.2) is 45.3 Å². The normalized spacial score (nSPS) is 14.9. The third-order valence-corrected chi connectivity index (χ3v) is 18.1. The average Bonchev–Trinajstić information content (AvgIpc) is 0.851. The number of hydrogen-bond donors (Lipinski definition) is 23. The molecule has 1 aromatic rings. The number of benzene rings is 1. The van der Waals surface area contributed by atoms with Crippen molar-refractivity contribution in [2.75, 3.05) is 32.7 Å². The van der Waals surface area contributed by atoms with Crippen molar-refractivity contribution in [3.63, 3.8) is 0 Å². The smallest absolute Gasteiger partial charge is 0.305 e. The lowest BCUT2D eigenvalue weighted by molar-refractivity contribution is -0.141. The van der Waals surface area contributed by atoms with Gasteiger partial charge in [-0.25, -0.2) is 0 Å². The summed E-state index contributed by atoms with van der Waals surface area (Å²) in [6.45, 7) is 14.1. The molecule has 0 aliphatic carbocycles. The van der Waals surface area contributed by atoms with Crippen LogP contribution < -0.4 is 122 Å². The fourth-order valence-electron chi connectivity index (χ4n) is 11.3. The first-order valence-corrected chi connectivity index (χ1v) is 37.8. The monoisotopic (exact) mass is 1570 g/mol. The topological polar surface area (TPSA) is 715 Å². The van der Waals surface area contributed by atoms with Gasteiger partial charge >= 0.3 is 5.97 Å². The van der Waals surface area contributed by atoms with Gasteiger partial charge in [0.25, 0.3) is 0 Å². The minimum Gasteiger partial charge on any atom is -0.481 e. The van der Waals surface area contributed by atoms with E-state index in [2.05, 4.69) is 73.5 Å². The van der Waals surface area contributed by atoms with Crippen LogP contribution in [0.2, 0.25) is 0 Å².